The van der Waals surface area contributed by atoms with E-state index in [2.05, 4.69) is 35.8 Å². The van der Waals surface area contributed by atoms with Crippen molar-refractivity contribution in [3.05, 3.63) is 0 Å². The van der Waals surface area contributed by atoms with Crippen LogP contribution in [0.15, 0.2) is 0 Å². The molecule has 3 rings (SSSR count). The molecular formula is C16H35N3. The van der Waals surface area contributed by atoms with Crippen molar-refractivity contribution in [3.63, 3.8) is 0 Å². The van der Waals surface area contributed by atoms with Crippen LogP contribution in [0, 0.1) is 0 Å². The molecule has 3 heteroatoms. The molecule has 0 unspecified atom stereocenters. The molecule has 114 valence electrons. The van der Waals surface area contributed by atoms with Crippen molar-refractivity contribution in [1.82, 2.24) is 14.7 Å². The van der Waals surface area contributed by atoms with Crippen molar-refractivity contribution < 1.29 is 0 Å². The fourth-order valence-electron chi connectivity index (χ4n) is 2.80. The fraction of sp³-hybridized carbons (Fsp3) is 1.00. The summed E-state index contributed by atoms with van der Waals surface area (Å²) in [5.74, 6) is 0. The van der Waals surface area contributed by atoms with Crippen molar-refractivity contribution in [3.8, 4) is 0 Å². The van der Waals surface area contributed by atoms with Crippen LogP contribution in [-0.2, 0) is 0 Å². The molecule has 0 atom stereocenters. The van der Waals surface area contributed by atoms with E-state index in [4.69, 9.17) is 0 Å². The Morgan fingerprint density at radius 2 is 0.579 bits per heavy atom. The van der Waals surface area contributed by atoms with E-state index in [1.165, 1.54) is 84.2 Å². The highest BCUT2D eigenvalue weighted by atomic mass is 15.1. The summed E-state index contributed by atoms with van der Waals surface area (Å²) < 4.78 is 0. The van der Waals surface area contributed by atoms with E-state index in [1.54, 1.807) is 0 Å². The summed E-state index contributed by atoms with van der Waals surface area (Å²) in [5.41, 5.74) is 0. The smallest absolute Gasteiger partial charge is 0.00213 e. The van der Waals surface area contributed by atoms with Crippen LogP contribution in [0.2, 0.25) is 0 Å². The Bertz CT molecular complexity index is 176. The van der Waals surface area contributed by atoms with Gasteiger partial charge in [-0.3, -0.25) is 0 Å². The van der Waals surface area contributed by atoms with E-state index in [0.29, 0.717) is 0 Å². The van der Waals surface area contributed by atoms with Gasteiger partial charge in [0.05, 0.1) is 0 Å². The zero-order valence-electron chi connectivity index (χ0n) is 13.5. The lowest BCUT2D eigenvalue weighted by Crippen LogP contribution is -2.24. The summed E-state index contributed by atoms with van der Waals surface area (Å²) in [5, 5.41) is 0. The number of nitrogens with zero attached hydrogens (tertiary/aromatic N) is 3. The van der Waals surface area contributed by atoms with E-state index < -0.39 is 0 Å². The van der Waals surface area contributed by atoms with Crippen LogP contribution in [0.1, 0.15) is 44.9 Å². The van der Waals surface area contributed by atoms with Crippen LogP contribution in [0.4, 0.5) is 0 Å². The van der Waals surface area contributed by atoms with Gasteiger partial charge < -0.3 is 14.7 Å². The maximum atomic E-state index is 2.39. The molecule has 19 heavy (non-hydrogen) atoms. The third-order valence-electron chi connectivity index (χ3n) is 4.24. The first kappa shape index (κ1) is 16.9. The number of hydrogen-bond acceptors (Lipinski definition) is 3. The Morgan fingerprint density at radius 3 is 0.684 bits per heavy atom. The highest BCUT2D eigenvalue weighted by Gasteiger charge is 2.04. The molecule has 3 heterocycles. The molecule has 0 amide bonds. The molecule has 0 spiro atoms. The predicted molar refractivity (Wildman–Crippen MR) is 84.8 cm³/mol. The Balaban J connectivity index is 0.000000143. The molecule has 0 aromatic rings. The summed E-state index contributed by atoms with van der Waals surface area (Å²) in [6, 6.07) is 0. The van der Waals surface area contributed by atoms with Gasteiger partial charge in [-0.15, -0.1) is 0 Å². The normalized spacial score (nSPS) is 25.4. The second-order valence-electron chi connectivity index (χ2n) is 6.38. The van der Waals surface area contributed by atoms with Crippen LogP contribution in [0.25, 0.3) is 0 Å². The average molecular weight is 269 g/mol. The van der Waals surface area contributed by atoms with Gasteiger partial charge in [-0.25, -0.2) is 0 Å². The van der Waals surface area contributed by atoms with Crippen molar-refractivity contribution in [2.24, 2.45) is 0 Å². The Morgan fingerprint density at radius 1 is 0.368 bits per heavy atom. The summed E-state index contributed by atoms with van der Waals surface area (Å²) in [7, 11) is 6.54. The van der Waals surface area contributed by atoms with E-state index in [9.17, 15) is 0 Å². The zero-order chi connectivity index (χ0) is 13.9. The molecule has 0 saturated carbocycles. The molecule has 3 nitrogen and oxygen atoms in total. The number of piperidine rings is 1. The van der Waals surface area contributed by atoms with Gasteiger partial charge in [0.2, 0.25) is 0 Å². The second kappa shape index (κ2) is 10.6. The highest BCUT2D eigenvalue weighted by Crippen LogP contribution is 2.04. The summed E-state index contributed by atoms with van der Waals surface area (Å²) in [6.07, 6.45) is 9.93. The minimum absolute atomic E-state index is 1.32. The first-order chi connectivity index (χ1) is 9.18. The van der Waals surface area contributed by atoms with Crippen molar-refractivity contribution in [1.29, 1.82) is 0 Å². The molecule has 3 aliphatic heterocycles. The molecule has 0 radical (unpaired) electrons. The van der Waals surface area contributed by atoms with Crippen LogP contribution in [0.5, 0.6) is 0 Å². The number of hydrogen-bond donors (Lipinski definition) is 0. The first-order valence-corrected chi connectivity index (χ1v) is 8.24. The van der Waals surface area contributed by atoms with Crippen LogP contribution >= 0.6 is 0 Å². The second-order valence-corrected chi connectivity index (χ2v) is 6.38. The summed E-state index contributed by atoms with van der Waals surface area (Å²) in [4.78, 5) is 7.11. The number of rotatable bonds is 0. The maximum absolute atomic E-state index is 2.39. The van der Waals surface area contributed by atoms with Crippen LogP contribution in [0.3, 0.4) is 0 Å². The van der Waals surface area contributed by atoms with Gasteiger partial charge in [0.25, 0.3) is 0 Å². The van der Waals surface area contributed by atoms with Gasteiger partial charge >= 0.3 is 0 Å². The average Bonchev–Trinajstić information content (AvgIpc) is 3.05. The van der Waals surface area contributed by atoms with Crippen molar-refractivity contribution >= 4 is 0 Å². The third-order valence-corrected chi connectivity index (χ3v) is 4.24. The molecule has 0 aliphatic carbocycles. The topological polar surface area (TPSA) is 9.72 Å². The van der Waals surface area contributed by atoms with Gasteiger partial charge in [0, 0.05) is 0 Å². The lowest BCUT2D eigenvalue weighted by molar-refractivity contribution is 0.277. The van der Waals surface area contributed by atoms with Gasteiger partial charge in [-0.1, -0.05) is 6.42 Å². The van der Waals surface area contributed by atoms with Crippen molar-refractivity contribution in [2.45, 2.75) is 44.9 Å². The van der Waals surface area contributed by atoms with Gasteiger partial charge in [0.1, 0.15) is 0 Å². The molecule has 0 bridgehead atoms. The fourth-order valence-corrected chi connectivity index (χ4v) is 2.80. The third kappa shape index (κ3) is 9.42. The highest BCUT2D eigenvalue weighted by molar-refractivity contribution is 4.60. The maximum Gasteiger partial charge on any atom is -0.00213 e. The molecular weight excluding hydrogens is 234 g/mol. The minimum Gasteiger partial charge on any atom is -0.306 e. The molecule has 0 aromatic heterocycles. The SMILES string of the molecule is CN1CCCC1.CN1CCCC1.CN1CCCCC1. The van der Waals surface area contributed by atoms with E-state index in [-0.39, 0.29) is 0 Å². The Hall–Kier alpha value is -0.120. The minimum atomic E-state index is 1.32. The van der Waals surface area contributed by atoms with Crippen molar-refractivity contribution in [2.75, 3.05) is 60.4 Å². The Kier molecular flexibility index (Phi) is 9.48. The molecule has 0 aromatic carbocycles. The molecule has 3 fully saturated rings. The molecule has 3 aliphatic rings. The molecule has 0 N–H and O–H groups in total. The van der Waals surface area contributed by atoms with Gasteiger partial charge in [0.15, 0.2) is 0 Å². The Labute approximate surface area is 120 Å². The predicted octanol–water partition coefficient (Wildman–Crippen LogP) is 2.53. The lowest BCUT2D eigenvalue weighted by atomic mass is 10.1. The zero-order valence-corrected chi connectivity index (χ0v) is 13.5. The quantitative estimate of drug-likeness (QED) is 0.669. The largest absolute Gasteiger partial charge is 0.306 e. The van der Waals surface area contributed by atoms with E-state index >= 15 is 0 Å². The van der Waals surface area contributed by atoms with E-state index in [0.717, 1.165) is 0 Å². The van der Waals surface area contributed by atoms with Gasteiger partial charge in [-0.05, 0) is 98.9 Å². The monoisotopic (exact) mass is 269 g/mol. The van der Waals surface area contributed by atoms with Crippen LogP contribution in [-0.4, -0.2) is 75.1 Å². The van der Waals surface area contributed by atoms with Crippen LogP contribution < -0.4 is 0 Å². The summed E-state index contributed by atoms with van der Waals surface area (Å²) >= 11 is 0. The standard InChI is InChI=1S/C6H13N.2C5H11N/c1-7-5-3-2-4-6-7;2*1-6-4-2-3-5-6/h2-6H2,1H3;2*2-5H2,1H3. The van der Waals surface area contributed by atoms with E-state index in [1.807, 2.05) is 0 Å². The molecule has 3 saturated heterocycles. The first-order valence-electron chi connectivity index (χ1n) is 8.24. The number of likely N-dealkylation sites (tertiary alicyclic amines) is 3. The van der Waals surface area contributed by atoms with Gasteiger partial charge in [-0.2, -0.15) is 0 Å². The summed E-state index contributed by atoms with van der Waals surface area (Å²) in [6.45, 7) is 7.92. The lowest BCUT2D eigenvalue weighted by Gasteiger charge is -2.20.